The molecule has 4 aromatic rings. The largest absolute Gasteiger partial charge is 0.349 e. The molecule has 142 valence electrons. The molecule has 4 rings (SSSR count). The lowest BCUT2D eigenvalue weighted by Gasteiger charge is -2.09. The number of benzene rings is 2. The molecule has 0 aliphatic heterocycles. The van der Waals surface area contributed by atoms with Gasteiger partial charge < -0.3 is 5.32 Å². The number of hydrogen-bond donors (Lipinski definition) is 1. The Hall–Kier alpha value is -2.64. The van der Waals surface area contributed by atoms with E-state index in [1.165, 1.54) is 22.9 Å². The van der Waals surface area contributed by atoms with E-state index in [4.69, 9.17) is 0 Å². The summed E-state index contributed by atoms with van der Waals surface area (Å²) in [7, 11) is 0. The van der Waals surface area contributed by atoms with Crippen molar-refractivity contribution < 1.29 is 4.79 Å². The molecule has 0 bridgehead atoms. The summed E-state index contributed by atoms with van der Waals surface area (Å²) in [6, 6.07) is 14.4. The van der Waals surface area contributed by atoms with Gasteiger partial charge in [-0.25, -0.2) is 9.97 Å². The molecule has 0 aliphatic rings. The lowest BCUT2D eigenvalue weighted by Crippen LogP contribution is -2.24. The summed E-state index contributed by atoms with van der Waals surface area (Å²) in [5, 5.41) is 4.67. The van der Waals surface area contributed by atoms with Crippen LogP contribution in [0.25, 0.3) is 15.9 Å². The number of thioether (sulfide) groups is 1. The summed E-state index contributed by atoms with van der Waals surface area (Å²) in [6.07, 6.45) is 3.69. The average molecular weight is 409 g/mol. The highest BCUT2D eigenvalue weighted by Crippen LogP contribution is 2.23. The third kappa shape index (κ3) is 4.26. The topological polar surface area (TPSA) is 59.8 Å². The Labute approximate surface area is 171 Å². The Balaban J connectivity index is 1.37. The first-order chi connectivity index (χ1) is 13.6. The van der Waals surface area contributed by atoms with Crippen LogP contribution in [0.15, 0.2) is 60.0 Å². The first-order valence-electron chi connectivity index (χ1n) is 8.94. The predicted octanol–water partition coefficient (Wildman–Crippen LogP) is 4.51. The summed E-state index contributed by atoms with van der Waals surface area (Å²) in [6.45, 7) is 4.61. The molecule has 0 saturated heterocycles. The van der Waals surface area contributed by atoms with Crippen molar-refractivity contribution >= 4 is 39.2 Å². The third-order valence-corrected chi connectivity index (χ3v) is 6.20. The van der Waals surface area contributed by atoms with Crippen molar-refractivity contribution in [1.29, 1.82) is 0 Å². The lowest BCUT2D eigenvalue weighted by molar-refractivity contribution is -0.118. The summed E-state index contributed by atoms with van der Waals surface area (Å²) in [5.41, 5.74) is 4.44. The van der Waals surface area contributed by atoms with Gasteiger partial charge >= 0.3 is 0 Å². The second kappa shape index (κ2) is 8.16. The zero-order chi connectivity index (χ0) is 19.5. The van der Waals surface area contributed by atoms with Gasteiger partial charge in [-0.3, -0.25) is 9.36 Å². The molecule has 0 fully saturated rings. The van der Waals surface area contributed by atoms with E-state index < -0.39 is 0 Å². The van der Waals surface area contributed by atoms with Crippen molar-refractivity contribution in [1.82, 2.24) is 19.9 Å². The summed E-state index contributed by atoms with van der Waals surface area (Å²) in [5.74, 6) is 0.284. The van der Waals surface area contributed by atoms with Gasteiger partial charge in [0.05, 0.1) is 22.5 Å². The standard InChI is InChI=1S/C21H20N4OS2/c1-14-9-15(2)11-16(10-14)25-8-7-22-21(25)27-13-19(26)23-12-20-24-17-5-3-4-6-18(17)28-20/h3-11H,12-13H2,1-2H3,(H,23,26). The Kier molecular flexibility index (Phi) is 5.45. The fourth-order valence-electron chi connectivity index (χ4n) is 3.03. The molecule has 2 aromatic carbocycles. The highest BCUT2D eigenvalue weighted by Gasteiger charge is 2.11. The predicted molar refractivity (Wildman–Crippen MR) is 115 cm³/mol. The maximum Gasteiger partial charge on any atom is 0.230 e. The molecule has 28 heavy (non-hydrogen) atoms. The Morgan fingerprint density at radius 2 is 1.96 bits per heavy atom. The number of carbonyl (C=O) groups is 1. The highest BCUT2D eigenvalue weighted by atomic mass is 32.2. The van der Waals surface area contributed by atoms with Gasteiger partial charge in [0.25, 0.3) is 0 Å². The number of fused-ring (bicyclic) bond motifs is 1. The molecule has 0 atom stereocenters. The molecule has 0 radical (unpaired) electrons. The van der Waals surface area contributed by atoms with Crippen LogP contribution in [0, 0.1) is 13.8 Å². The van der Waals surface area contributed by atoms with Crippen molar-refractivity contribution in [3.05, 3.63) is 71.0 Å². The summed E-state index contributed by atoms with van der Waals surface area (Å²) < 4.78 is 3.16. The molecule has 2 heterocycles. The van der Waals surface area contributed by atoms with Crippen LogP contribution in [0.1, 0.15) is 16.1 Å². The van der Waals surface area contributed by atoms with E-state index in [0.29, 0.717) is 12.3 Å². The minimum Gasteiger partial charge on any atom is -0.349 e. The average Bonchev–Trinajstić information content (AvgIpc) is 3.30. The molecular formula is C21H20N4OS2. The normalized spacial score (nSPS) is 11.1. The highest BCUT2D eigenvalue weighted by molar-refractivity contribution is 7.99. The van der Waals surface area contributed by atoms with E-state index >= 15 is 0 Å². The van der Waals surface area contributed by atoms with Crippen LogP contribution in [-0.2, 0) is 11.3 Å². The summed E-state index contributed by atoms with van der Waals surface area (Å²) >= 11 is 3.04. The maximum absolute atomic E-state index is 12.3. The van der Waals surface area contributed by atoms with Crippen molar-refractivity contribution in [2.75, 3.05) is 5.75 Å². The first kappa shape index (κ1) is 18.7. The van der Waals surface area contributed by atoms with Gasteiger partial charge in [0.1, 0.15) is 5.01 Å². The number of aromatic nitrogens is 3. The molecule has 0 saturated carbocycles. The van der Waals surface area contributed by atoms with E-state index in [1.54, 1.807) is 17.5 Å². The van der Waals surface area contributed by atoms with E-state index in [2.05, 4.69) is 47.3 Å². The zero-order valence-electron chi connectivity index (χ0n) is 15.7. The Morgan fingerprint density at radius 1 is 1.18 bits per heavy atom. The molecule has 0 unspecified atom stereocenters. The number of nitrogens with zero attached hydrogens (tertiary/aromatic N) is 3. The molecule has 1 N–H and O–H groups in total. The van der Waals surface area contributed by atoms with Crippen molar-refractivity contribution in [2.24, 2.45) is 0 Å². The minimum atomic E-state index is -0.0285. The Morgan fingerprint density at radius 3 is 2.75 bits per heavy atom. The molecule has 2 aromatic heterocycles. The van der Waals surface area contributed by atoms with Crippen molar-refractivity contribution in [3.8, 4) is 5.69 Å². The van der Waals surface area contributed by atoms with Crippen molar-refractivity contribution in [3.63, 3.8) is 0 Å². The third-order valence-electron chi connectivity index (χ3n) is 4.20. The van der Waals surface area contributed by atoms with Gasteiger partial charge in [-0.2, -0.15) is 0 Å². The van der Waals surface area contributed by atoms with Crippen LogP contribution in [0.2, 0.25) is 0 Å². The number of aryl methyl sites for hydroxylation is 2. The van der Waals surface area contributed by atoms with Crippen LogP contribution in [0.5, 0.6) is 0 Å². The SMILES string of the molecule is Cc1cc(C)cc(-n2ccnc2SCC(=O)NCc2nc3ccccc3s2)c1. The van der Waals surface area contributed by atoms with E-state index in [9.17, 15) is 4.79 Å². The van der Waals surface area contributed by atoms with Crippen molar-refractivity contribution in [2.45, 2.75) is 25.5 Å². The quantitative estimate of drug-likeness (QED) is 0.477. The van der Waals surface area contributed by atoms with Gasteiger partial charge in [-0.05, 0) is 49.2 Å². The molecule has 0 spiro atoms. The fraction of sp³-hybridized carbons (Fsp3) is 0.190. The Bertz CT molecular complexity index is 1080. The van der Waals surface area contributed by atoms with Crippen LogP contribution >= 0.6 is 23.1 Å². The number of rotatable bonds is 6. The zero-order valence-corrected chi connectivity index (χ0v) is 17.3. The maximum atomic E-state index is 12.3. The number of amides is 1. The minimum absolute atomic E-state index is 0.0285. The number of para-hydroxylation sites is 1. The van der Waals surface area contributed by atoms with Gasteiger partial charge in [-0.1, -0.05) is 30.0 Å². The van der Waals surface area contributed by atoms with Gasteiger partial charge in [-0.15, -0.1) is 11.3 Å². The molecule has 1 amide bonds. The van der Waals surface area contributed by atoms with Crippen LogP contribution in [0.3, 0.4) is 0 Å². The molecular weight excluding hydrogens is 388 g/mol. The lowest BCUT2D eigenvalue weighted by atomic mass is 10.1. The molecule has 7 heteroatoms. The first-order valence-corrected chi connectivity index (χ1v) is 10.7. The number of carbonyl (C=O) groups excluding carboxylic acids is 1. The summed E-state index contributed by atoms with van der Waals surface area (Å²) in [4.78, 5) is 21.2. The smallest absolute Gasteiger partial charge is 0.230 e. The fourth-order valence-corrected chi connectivity index (χ4v) is 4.74. The van der Waals surface area contributed by atoms with Gasteiger partial charge in [0.2, 0.25) is 5.91 Å². The van der Waals surface area contributed by atoms with Crippen LogP contribution in [0.4, 0.5) is 0 Å². The number of imidazole rings is 1. The van der Waals surface area contributed by atoms with Gasteiger partial charge in [0, 0.05) is 18.1 Å². The van der Waals surface area contributed by atoms with E-state index in [1.807, 2.05) is 35.0 Å². The number of hydrogen-bond acceptors (Lipinski definition) is 5. The van der Waals surface area contributed by atoms with Gasteiger partial charge in [0.15, 0.2) is 5.16 Å². The molecule has 0 aliphatic carbocycles. The molecule has 5 nitrogen and oxygen atoms in total. The van der Waals surface area contributed by atoms with E-state index in [0.717, 1.165) is 26.1 Å². The second-order valence-corrected chi connectivity index (χ2v) is 8.62. The monoisotopic (exact) mass is 408 g/mol. The second-order valence-electron chi connectivity index (χ2n) is 6.57. The van der Waals surface area contributed by atoms with Crippen LogP contribution in [-0.4, -0.2) is 26.2 Å². The van der Waals surface area contributed by atoms with Crippen LogP contribution < -0.4 is 5.32 Å². The number of nitrogens with one attached hydrogen (secondary N) is 1. The number of thiazole rings is 1. The van der Waals surface area contributed by atoms with E-state index in [-0.39, 0.29) is 5.91 Å².